The van der Waals surface area contributed by atoms with Crippen molar-refractivity contribution in [3.63, 3.8) is 0 Å². The molecule has 2 unspecified atom stereocenters. The van der Waals surface area contributed by atoms with Crippen molar-refractivity contribution in [3.05, 3.63) is 0 Å². The topological polar surface area (TPSA) is 58.5 Å². The Hall–Kier alpha value is -0.160. The smallest absolute Gasteiger partial charge is 0.0215 e. The molecule has 15 heavy (non-hydrogen) atoms. The lowest BCUT2D eigenvalue weighted by Gasteiger charge is -2.34. The van der Waals surface area contributed by atoms with Gasteiger partial charge in [0.2, 0.25) is 0 Å². The van der Waals surface area contributed by atoms with E-state index in [-0.39, 0.29) is 0 Å². The summed E-state index contributed by atoms with van der Waals surface area (Å²) in [4.78, 5) is 0. The van der Waals surface area contributed by atoms with Gasteiger partial charge in [0.15, 0.2) is 0 Å². The van der Waals surface area contributed by atoms with Crippen LogP contribution in [0.5, 0.6) is 0 Å². The molecule has 0 amide bonds. The van der Waals surface area contributed by atoms with Crippen molar-refractivity contribution >= 4 is 0 Å². The lowest BCUT2D eigenvalue weighted by molar-refractivity contribution is 0.105. The number of nitrogens with zero attached hydrogens (tertiary/aromatic N) is 2. The average molecular weight is 214 g/mol. The third-order valence-corrected chi connectivity index (χ3v) is 3.40. The van der Waals surface area contributed by atoms with Gasteiger partial charge in [-0.25, -0.2) is 10.0 Å². The lowest BCUT2D eigenvalue weighted by Crippen LogP contribution is -2.48. The fourth-order valence-corrected chi connectivity index (χ4v) is 2.18. The van der Waals surface area contributed by atoms with E-state index < -0.39 is 0 Å². The summed E-state index contributed by atoms with van der Waals surface area (Å²) in [6.45, 7) is 6.57. The van der Waals surface area contributed by atoms with Gasteiger partial charge >= 0.3 is 0 Å². The highest BCUT2D eigenvalue weighted by Gasteiger charge is 2.20. The second-order valence-corrected chi connectivity index (χ2v) is 4.82. The van der Waals surface area contributed by atoms with Crippen LogP contribution in [-0.2, 0) is 0 Å². The highest BCUT2D eigenvalue weighted by atomic mass is 15.4. The zero-order valence-electron chi connectivity index (χ0n) is 10.2. The molecule has 0 saturated carbocycles. The molecular weight excluding hydrogens is 188 g/mol. The minimum atomic E-state index is 0.591. The van der Waals surface area contributed by atoms with Crippen LogP contribution in [0.15, 0.2) is 0 Å². The van der Waals surface area contributed by atoms with Crippen molar-refractivity contribution < 1.29 is 0 Å². The molecular formula is C11H26N4. The maximum absolute atomic E-state index is 5.76. The van der Waals surface area contributed by atoms with Crippen molar-refractivity contribution in [3.8, 4) is 0 Å². The summed E-state index contributed by atoms with van der Waals surface area (Å²) in [5.41, 5.74) is 0. The number of nitrogens with two attached hydrogens (primary N) is 2. The van der Waals surface area contributed by atoms with Crippen LogP contribution in [-0.4, -0.2) is 35.2 Å². The molecule has 0 radical (unpaired) electrons. The summed E-state index contributed by atoms with van der Waals surface area (Å²) in [7, 11) is 0. The molecule has 0 aromatic heterocycles. The van der Waals surface area contributed by atoms with Gasteiger partial charge in [0.05, 0.1) is 0 Å². The fraction of sp³-hybridized carbons (Fsp3) is 1.00. The van der Waals surface area contributed by atoms with Crippen LogP contribution in [0.25, 0.3) is 0 Å². The fourth-order valence-electron chi connectivity index (χ4n) is 2.18. The normalized spacial score (nSPS) is 33.6. The van der Waals surface area contributed by atoms with Crippen LogP contribution in [0.2, 0.25) is 0 Å². The lowest BCUT2D eigenvalue weighted by atomic mass is 10.0. The van der Waals surface area contributed by atoms with E-state index in [1.807, 2.05) is 10.0 Å². The maximum atomic E-state index is 5.76. The van der Waals surface area contributed by atoms with Gasteiger partial charge in [0, 0.05) is 25.2 Å². The summed E-state index contributed by atoms with van der Waals surface area (Å²) >= 11 is 0. The summed E-state index contributed by atoms with van der Waals surface area (Å²) in [5.74, 6) is 11.1. The molecule has 2 saturated heterocycles. The summed E-state index contributed by atoms with van der Waals surface area (Å²) in [6.07, 6.45) is 6.45. The number of hydrogen-bond acceptors (Lipinski definition) is 4. The third kappa shape index (κ3) is 4.47. The van der Waals surface area contributed by atoms with Crippen LogP contribution in [0.4, 0.5) is 0 Å². The second kappa shape index (κ2) is 6.43. The number of hydrazine groups is 2. The van der Waals surface area contributed by atoms with Crippen molar-refractivity contribution in [1.82, 2.24) is 10.0 Å². The Morgan fingerprint density at radius 1 is 0.867 bits per heavy atom. The van der Waals surface area contributed by atoms with Gasteiger partial charge in [-0.15, -0.1) is 0 Å². The van der Waals surface area contributed by atoms with Crippen molar-refractivity contribution in [1.29, 1.82) is 0 Å². The van der Waals surface area contributed by atoms with Crippen molar-refractivity contribution in [2.24, 2.45) is 11.7 Å². The monoisotopic (exact) mass is 214 g/mol. The highest BCUT2D eigenvalue weighted by molar-refractivity contribution is 4.74. The first-order valence-electron chi connectivity index (χ1n) is 6.14. The second-order valence-electron chi connectivity index (χ2n) is 4.82. The molecule has 2 fully saturated rings. The quantitative estimate of drug-likeness (QED) is 0.592. The summed E-state index contributed by atoms with van der Waals surface area (Å²) < 4.78 is 0. The predicted octanol–water partition coefficient (Wildman–Crippen LogP) is 1.08. The van der Waals surface area contributed by atoms with Gasteiger partial charge in [-0.3, -0.25) is 11.7 Å². The van der Waals surface area contributed by atoms with Crippen LogP contribution in [0.3, 0.4) is 0 Å². The van der Waals surface area contributed by atoms with E-state index in [1.165, 1.54) is 32.1 Å². The van der Waals surface area contributed by atoms with E-state index in [0.717, 1.165) is 13.1 Å². The van der Waals surface area contributed by atoms with E-state index in [1.54, 1.807) is 0 Å². The Labute approximate surface area is 93.5 Å². The molecule has 2 heterocycles. The number of hydrogen-bond donors (Lipinski definition) is 2. The Morgan fingerprint density at radius 3 is 1.60 bits per heavy atom. The van der Waals surface area contributed by atoms with E-state index in [9.17, 15) is 0 Å². The molecule has 4 heteroatoms. The zero-order chi connectivity index (χ0) is 11.3. The first-order valence-corrected chi connectivity index (χ1v) is 6.14. The van der Waals surface area contributed by atoms with Gasteiger partial charge in [0.25, 0.3) is 0 Å². The molecule has 0 spiro atoms. The Kier molecular flexibility index (Phi) is 5.53. The number of piperidine rings is 1. The van der Waals surface area contributed by atoms with Gasteiger partial charge < -0.3 is 0 Å². The van der Waals surface area contributed by atoms with Gasteiger partial charge in [-0.2, -0.15) is 0 Å². The molecule has 2 atom stereocenters. The molecule has 2 aliphatic heterocycles. The molecule has 90 valence electrons. The third-order valence-electron chi connectivity index (χ3n) is 3.40. The largest absolute Gasteiger partial charge is 0.269 e. The van der Waals surface area contributed by atoms with Gasteiger partial charge in [-0.1, -0.05) is 6.42 Å². The zero-order valence-corrected chi connectivity index (χ0v) is 10.2. The van der Waals surface area contributed by atoms with Gasteiger partial charge in [-0.05, 0) is 39.5 Å². The first-order chi connectivity index (χ1) is 7.11. The first kappa shape index (κ1) is 12.9. The standard InChI is InChI=1S/C7H16N2.C4H10N2/c1-6-4-3-5-7(2)9(6)8;5-6-3-1-2-4-6/h6-7H,3-5,8H2,1-2H3;1-5H2. The maximum Gasteiger partial charge on any atom is 0.0215 e. The van der Waals surface area contributed by atoms with E-state index in [2.05, 4.69) is 13.8 Å². The molecule has 4 N–H and O–H groups in total. The van der Waals surface area contributed by atoms with E-state index in [4.69, 9.17) is 11.7 Å². The van der Waals surface area contributed by atoms with Crippen molar-refractivity contribution in [2.75, 3.05) is 13.1 Å². The minimum absolute atomic E-state index is 0.591. The molecule has 2 rings (SSSR count). The van der Waals surface area contributed by atoms with Gasteiger partial charge in [0.1, 0.15) is 0 Å². The summed E-state index contributed by atoms with van der Waals surface area (Å²) in [5, 5.41) is 3.84. The van der Waals surface area contributed by atoms with Crippen molar-refractivity contribution in [2.45, 2.75) is 58.0 Å². The van der Waals surface area contributed by atoms with Crippen LogP contribution in [0, 0.1) is 0 Å². The SMILES string of the molecule is CC1CCCC(C)N1N.NN1CCCC1. The minimum Gasteiger partial charge on any atom is -0.269 e. The number of rotatable bonds is 0. The van der Waals surface area contributed by atoms with E-state index in [0.29, 0.717) is 12.1 Å². The highest BCUT2D eigenvalue weighted by Crippen LogP contribution is 2.18. The predicted molar refractivity (Wildman–Crippen MR) is 63.8 cm³/mol. The summed E-state index contributed by atoms with van der Waals surface area (Å²) in [6, 6.07) is 1.18. The molecule has 0 aliphatic carbocycles. The van der Waals surface area contributed by atoms with Crippen LogP contribution < -0.4 is 11.7 Å². The molecule has 2 aliphatic rings. The molecule has 0 aromatic rings. The molecule has 0 aromatic carbocycles. The Bertz CT molecular complexity index is 158. The average Bonchev–Trinajstić information content (AvgIpc) is 2.66. The Balaban J connectivity index is 0.000000162. The molecule has 4 nitrogen and oxygen atoms in total. The van der Waals surface area contributed by atoms with E-state index >= 15 is 0 Å². The molecule has 0 bridgehead atoms. The Morgan fingerprint density at radius 2 is 1.33 bits per heavy atom. The van der Waals surface area contributed by atoms with Crippen LogP contribution >= 0.6 is 0 Å². The van der Waals surface area contributed by atoms with Crippen LogP contribution in [0.1, 0.15) is 46.0 Å².